The monoisotopic (exact) mass is 736 g/mol. The summed E-state index contributed by atoms with van der Waals surface area (Å²) in [7, 11) is 0. The first-order valence-corrected chi connectivity index (χ1v) is 18.8. The highest BCUT2D eigenvalue weighted by Gasteiger charge is 2.16. The summed E-state index contributed by atoms with van der Waals surface area (Å²) in [5.41, 5.74) is 5.51. The molecule has 1 saturated heterocycles. The zero-order valence-corrected chi connectivity index (χ0v) is 31.0. The quantitative estimate of drug-likeness (QED) is 0.107. The number of anilines is 4. The molecule has 280 valence electrons. The number of nitrogens with one attached hydrogen (secondary N) is 3. The third-order valence-electron chi connectivity index (χ3n) is 9.67. The van der Waals surface area contributed by atoms with Gasteiger partial charge in [0.1, 0.15) is 11.6 Å². The predicted molar refractivity (Wildman–Crippen MR) is 216 cm³/mol. The first-order valence-electron chi connectivity index (χ1n) is 18.8. The number of carbonyl (C=O) groups is 1. The molecule has 55 heavy (non-hydrogen) atoms. The van der Waals surface area contributed by atoms with Crippen LogP contribution in [-0.4, -0.2) is 73.3 Å². The van der Waals surface area contributed by atoms with E-state index in [1.165, 1.54) is 0 Å². The second-order valence-corrected chi connectivity index (χ2v) is 13.6. The van der Waals surface area contributed by atoms with Crippen LogP contribution in [0.2, 0.25) is 0 Å². The van der Waals surface area contributed by atoms with Crippen LogP contribution in [0.1, 0.15) is 31.0 Å². The lowest BCUT2D eigenvalue weighted by atomic mass is 10.1. The van der Waals surface area contributed by atoms with Crippen LogP contribution in [0.5, 0.6) is 11.6 Å². The number of benzene rings is 4. The Hall–Kier alpha value is -6.31. The summed E-state index contributed by atoms with van der Waals surface area (Å²) in [5.74, 6) is 1.97. The van der Waals surface area contributed by atoms with Crippen LogP contribution in [0, 0.1) is 6.92 Å². The number of aromatic nitrogens is 6. The summed E-state index contributed by atoms with van der Waals surface area (Å²) in [6.07, 6.45) is 6.45. The third kappa shape index (κ3) is 8.43. The molecule has 0 bridgehead atoms. The molecule has 13 heteroatoms. The van der Waals surface area contributed by atoms with Crippen LogP contribution in [0.4, 0.5) is 27.9 Å². The number of aryl methyl sites for hydroxylation is 2. The lowest BCUT2D eigenvalue weighted by Crippen LogP contribution is -2.38. The highest BCUT2D eigenvalue weighted by molar-refractivity contribution is 6.07. The van der Waals surface area contributed by atoms with E-state index in [1.807, 2.05) is 96.7 Å². The van der Waals surface area contributed by atoms with Gasteiger partial charge in [-0.2, -0.15) is 15.2 Å². The van der Waals surface area contributed by atoms with E-state index in [0.29, 0.717) is 29.1 Å². The van der Waals surface area contributed by atoms with Crippen LogP contribution < -0.4 is 20.7 Å². The van der Waals surface area contributed by atoms with Crippen LogP contribution in [0.25, 0.3) is 27.4 Å². The Morgan fingerprint density at radius 2 is 1.75 bits per heavy atom. The number of carbonyl (C=O) groups excluding carboxylic acids is 1. The maximum atomic E-state index is 13.5. The van der Waals surface area contributed by atoms with Crippen LogP contribution in [-0.2, 0) is 17.7 Å². The molecule has 3 aromatic heterocycles. The largest absolute Gasteiger partial charge is 0.438 e. The fourth-order valence-corrected chi connectivity index (χ4v) is 6.73. The van der Waals surface area contributed by atoms with Crippen LogP contribution in [0.3, 0.4) is 0 Å². The number of amides is 2. The lowest BCUT2D eigenvalue weighted by molar-refractivity contribution is 0.0361. The van der Waals surface area contributed by atoms with Crippen LogP contribution >= 0.6 is 0 Å². The number of morpholine rings is 1. The molecule has 0 saturated carbocycles. The smallest absolute Gasteiger partial charge is 0.324 e. The van der Waals surface area contributed by atoms with Gasteiger partial charge in [-0.25, -0.2) is 14.5 Å². The van der Waals surface area contributed by atoms with Gasteiger partial charge in [-0.3, -0.25) is 14.9 Å². The van der Waals surface area contributed by atoms with Crippen molar-refractivity contribution in [2.24, 2.45) is 0 Å². The second-order valence-electron chi connectivity index (χ2n) is 13.6. The van der Waals surface area contributed by atoms with Crippen molar-refractivity contribution < 1.29 is 14.3 Å². The number of ether oxygens (including phenoxy) is 2. The highest BCUT2D eigenvalue weighted by atomic mass is 16.5. The SMILES string of the molecule is CCCCc1cc(NC(=O)Nc2ccc(Oc3ccnc(Nc4ccc5c(cnn5CCN5CCOCC5)c4)n3)c3ccccc23)n(-c2ccc(C)cc2)n1. The Kier molecular flexibility index (Phi) is 10.6. The number of urea groups is 1. The number of unbranched alkanes of at least 4 members (excludes halogenated alkanes) is 1. The molecular formula is C42H44N10O3. The fraction of sp³-hybridized carbons (Fsp3) is 0.262. The first kappa shape index (κ1) is 35.7. The van der Waals surface area contributed by atoms with Crippen molar-refractivity contribution in [2.75, 3.05) is 48.8 Å². The van der Waals surface area contributed by atoms with E-state index in [9.17, 15) is 4.79 Å². The lowest BCUT2D eigenvalue weighted by Gasteiger charge is -2.26. The number of hydrogen-bond donors (Lipinski definition) is 3. The molecule has 8 rings (SSSR count). The Morgan fingerprint density at radius 1 is 0.909 bits per heavy atom. The van der Waals surface area contributed by atoms with Gasteiger partial charge < -0.3 is 20.1 Å². The van der Waals surface area contributed by atoms with Crippen LogP contribution in [0.15, 0.2) is 103 Å². The van der Waals surface area contributed by atoms with Gasteiger partial charge in [-0.1, -0.05) is 55.3 Å². The number of fused-ring (bicyclic) bond motifs is 2. The molecule has 7 aromatic rings. The minimum atomic E-state index is -0.376. The molecule has 0 radical (unpaired) electrons. The number of nitrogens with zero attached hydrogens (tertiary/aromatic N) is 7. The maximum absolute atomic E-state index is 13.5. The zero-order valence-electron chi connectivity index (χ0n) is 31.0. The summed E-state index contributed by atoms with van der Waals surface area (Å²) in [5, 5.41) is 21.5. The van der Waals surface area contributed by atoms with E-state index in [1.54, 1.807) is 16.9 Å². The summed E-state index contributed by atoms with van der Waals surface area (Å²) in [6, 6.07) is 28.9. The molecule has 3 N–H and O–H groups in total. The Morgan fingerprint density at radius 3 is 2.58 bits per heavy atom. The fourth-order valence-electron chi connectivity index (χ4n) is 6.73. The standard InChI is InChI=1S/C42H44N10O3/c1-3-4-7-32-27-39(52(49-32)33-13-10-29(2)11-14-33)47-42(53)46-36-15-17-38(35-9-6-5-8-34(35)36)55-40-18-19-43-41(48-40)45-31-12-16-37-30(26-31)28-44-51(37)21-20-50-22-24-54-25-23-50/h5-6,8-19,26-28H,3-4,7,20-25H2,1-2H3,(H,43,45,48)(H2,46,47,53). The molecule has 0 aliphatic carbocycles. The first-order chi connectivity index (χ1) is 27.0. The van der Waals surface area contributed by atoms with Crippen molar-refractivity contribution in [3.8, 4) is 17.3 Å². The Balaban J connectivity index is 0.952. The molecule has 13 nitrogen and oxygen atoms in total. The van der Waals surface area contributed by atoms with E-state index in [4.69, 9.17) is 14.6 Å². The van der Waals surface area contributed by atoms with Crippen molar-refractivity contribution in [3.63, 3.8) is 0 Å². The van der Waals surface area contributed by atoms with Crippen molar-refractivity contribution in [3.05, 3.63) is 115 Å². The van der Waals surface area contributed by atoms with E-state index < -0.39 is 0 Å². The van der Waals surface area contributed by atoms with Crippen molar-refractivity contribution in [1.29, 1.82) is 0 Å². The normalized spacial score (nSPS) is 13.3. The summed E-state index contributed by atoms with van der Waals surface area (Å²) in [4.78, 5) is 25.0. The van der Waals surface area contributed by atoms with Gasteiger partial charge in [0.2, 0.25) is 11.8 Å². The van der Waals surface area contributed by atoms with Gasteiger partial charge in [0.05, 0.1) is 48.5 Å². The minimum absolute atomic E-state index is 0.376. The topological polar surface area (TPSA) is 136 Å². The highest BCUT2D eigenvalue weighted by Crippen LogP contribution is 2.34. The second kappa shape index (κ2) is 16.4. The molecule has 0 unspecified atom stereocenters. The molecule has 0 atom stereocenters. The molecule has 4 aromatic carbocycles. The number of rotatable bonds is 13. The van der Waals surface area contributed by atoms with Gasteiger partial charge in [0.25, 0.3) is 0 Å². The third-order valence-corrected chi connectivity index (χ3v) is 9.67. The molecule has 1 aliphatic rings. The summed E-state index contributed by atoms with van der Waals surface area (Å²) < 4.78 is 15.6. The van der Waals surface area contributed by atoms with E-state index in [-0.39, 0.29) is 6.03 Å². The molecular weight excluding hydrogens is 693 g/mol. The van der Waals surface area contributed by atoms with Crippen molar-refractivity contribution >= 4 is 50.8 Å². The van der Waals surface area contributed by atoms with E-state index >= 15 is 0 Å². The van der Waals surface area contributed by atoms with E-state index in [0.717, 1.165) is 103 Å². The maximum Gasteiger partial charge on any atom is 0.324 e. The van der Waals surface area contributed by atoms with Gasteiger partial charge in [-0.05, 0) is 62.2 Å². The van der Waals surface area contributed by atoms with Crippen molar-refractivity contribution in [2.45, 2.75) is 39.7 Å². The summed E-state index contributed by atoms with van der Waals surface area (Å²) >= 11 is 0. The van der Waals surface area contributed by atoms with Gasteiger partial charge in [-0.15, -0.1) is 0 Å². The van der Waals surface area contributed by atoms with Gasteiger partial charge in [0, 0.05) is 59.8 Å². The van der Waals surface area contributed by atoms with Crippen molar-refractivity contribution in [1.82, 2.24) is 34.4 Å². The minimum Gasteiger partial charge on any atom is -0.438 e. The van der Waals surface area contributed by atoms with Gasteiger partial charge >= 0.3 is 6.03 Å². The molecule has 1 fully saturated rings. The molecule has 2 amide bonds. The molecule has 0 spiro atoms. The zero-order chi connectivity index (χ0) is 37.6. The average Bonchev–Trinajstić information content (AvgIpc) is 3.81. The molecule has 4 heterocycles. The Bertz CT molecular complexity index is 2420. The van der Waals surface area contributed by atoms with E-state index in [2.05, 4.69) is 48.9 Å². The number of hydrogen-bond acceptors (Lipinski definition) is 9. The average molecular weight is 737 g/mol. The Labute approximate surface area is 319 Å². The molecule has 1 aliphatic heterocycles. The predicted octanol–water partition coefficient (Wildman–Crippen LogP) is 8.33. The van der Waals surface area contributed by atoms with Gasteiger partial charge in [0.15, 0.2) is 0 Å². The summed E-state index contributed by atoms with van der Waals surface area (Å²) in [6.45, 7) is 9.44.